The highest BCUT2D eigenvalue weighted by Crippen LogP contribution is 2.41. The number of nitrogens with two attached hydrogens (primary N) is 1. The van der Waals surface area contributed by atoms with Crippen LogP contribution in [0.3, 0.4) is 0 Å². The van der Waals surface area contributed by atoms with Crippen molar-refractivity contribution in [1.29, 1.82) is 5.26 Å². The molecule has 0 unspecified atom stereocenters. The van der Waals surface area contributed by atoms with E-state index in [0.29, 0.717) is 11.3 Å². The van der Waals surface area contributed by atoms with Crippen molar-refractivity contribution in [2.24, 2.45) is 5.73 Å². The van der Waals surface area contributed by atoms with Crippen molar-refractivity contribution >= 4 is 35.0 Å². The molecule has 2 aromatic carbocycles. The van der Waals surface area contributed by atoms with Crippen molar-refractivity contribution in [2.45, 2.75) is 11.7 Å². The number of hydrogen-bond donors (Lipinski definition) is 1. The maximum atomic E-state index is 13.1. The number of benzene rings is 2. The van der Waals surface area contributed by atoms with Crippen LogP contribution in [0.2, 0.25) is 0 Å². The van der Waals surface area contributed by atoms with E-state index in [-0.39, 0.29) is 28.6 Å². The molecule has 1 aliphatic rings. The number of nitro groups is 1. The molecule has 8 nitrogen and oxygen atoms in total. The van der Waals surface area contributed by atoms with Crippen LogP contribution in [0.25, 0.3) is 0 Å². The Balaban J connectivity index is 2.00. The van der Waals surface area contributed by atoms with Gasteiger partial charge in [-0.05, 0) is 24.1 Å². The first-order chi connectivity index (χ1) is 13.4. The summed E-state index contributed by atoms with van der Waals surface area (Å²) >= 11 is 1.05. The Hall–Kier alpha value is -3.64. The number of nitriles is 1. The predicted molar refractivity (Wildman–Crippen MR) is 104 cm³/mol. The molecule has 0 bridgehead atoms. The molecular weight excluding hydrogens is 380 g/mol. The average Bonchev–Trinajstić information content (AvgIpc) is 2.99. The highest BCUT2D eigenvalue weighted by Gasteiger charge is 2.40. The van der Waals surface area contributed by atoms with Gasteiger partial charge in [0, 0.05) is 17.8 Å². The number of nitrogens with zero attached hydrogens (tertiary/aromatic N) is 3. The minimum atomic E-state index is -0.922. The molecule has 28 heavy (non-hydrogen) atoms. The van der Waals surface area contributed by atoms with E-state index >= 15 is 0 Å². The molecule has 1 heterocycles. The third-order valence-corrected chi connectivity index (χ3v) is 5.34. The Labute approximate surface area is 164 Å². The van der Waals surface area contributed by atoms with Crippen LogP contribution >= 0.6 is 11.8 Å². The molecule has 2 amide bonds. The summed E-state index contributed by atoms with van der Waals surface area (Å²) in [5.41, 5.74) is 6.05. The summed E-state index contributed by atoms with van der Waals surface area (Å²) < 4.78 is 0. The van der Waals surface area contributed by atoms with E-state index in [4.69, 9.17) is 5.73 Å². The second-order valence-electron chi connectivity index (χ2n) is 5.90. The van der Waals surface area contributed by atoms with Gasteiger partial charge in [0.2, 0.25) is 5.91 Å². The van der Waals surface area contributed by atoms with Crippen LogP contribution in [-0.2, 0) is 16.0 Å². The Morgan fingerprint density at radius 2 is 1.96 bits per heavy atom. The van der Waals surface area contributed by atoms with Crippen molar-refractivity contribution in [3.05, 3.63) is 80.9 Å². The lowest BCUT2D eigenvalue weighted by Crippen LogP contribution is -2.31. The first-order valence-corrected chi connectivity index (χ1v) is 9.03. The van der Waals surface area contributed by atoms with Crippen molar-refractivity contribution in [1.82, 2.24) is 0 Å². The van der Waals surface area contributed by atoms with Gasteiger partial charge in [-0.1, -0.05) is 42.1 Å². The molecule has 1 atom stereocenters. The van der Waals surface area contributed by atoms with E-state index in [9.17, 15) is 25.0 Å². The van der Waals surface area contributed by atoms with E-state index < -0.39 is 16.1 Å². The van der Waals surface area contributed by atoms with E-state index in [2.05, 4.69) is 0 Å². The fourth-order valence-corrected chi connectivity index (χ4v) is 4.14. The lowest BCUT2D eigenvalue weighted by atomic mass is 10.1. The number of anilines is 1. The summed E-state index contributed by atoms with van der Waals surface area (Å²) in [6.07, 6.45) is 0.204. The van der Waals surface area contributed by atoms with Crippen LogP contribution < -0.4 is 10.6 Å². The molecule has 0 spiro atoms. The van der Waals surface area contributed by atoms with Crippen molar-refractivity contribution < 1.29 is 14.5 Å². The summed E-state index contributed by atoms with van der Waals surface area (Å²) in [7, 11) is 0. The largest absolute Gasteiger partial charge is 0.365 e. The Morgan fingerprint density at radius 1 is 1.25 bits per heavy atom. The number of hydrogen-bond acceptors (Lipinski definition) is 6. The van der Waals surface area contributed by atoms with Crippen LogP contribution in [0.5, 0.6) is 0 Å². The molecule has 140 valence electrons. The Morgan fingerprint density at radius 3 is 2.57 bits per heavy atom. The van der Waals surface area contributed by atoms with Crippen molar-refractivity contribution in [3.8, 4) is 6.07 Å². The van der Waals surface area contributed by atoms with Crippen LogP contribution in [0.4, 0.5) is 11.4 Å². The Bertz CT molecular complexity index is 1030. The number of non-ortho nitro benzene ring substituents is 1. The van der Waals surface area contributed by atoms with Gasteiger partial charge in [0.15, 0.2) is 0 Å². The number of amides is 2. The van der Waals surface area contributed by atoms with Gasteiger partial charge in [0.1, 0.15) is 16.7 Å². The quantitative estimate of drug-likeness (QED) is 0.359. The lowest BCUT2D eigenvalue weighted by Gasteiger charge is -2.18. The average molecular weight is 394 g/mol. The second kappa shape index (κ2) is 7.94. The van der Waals surface area contributed by atoms with Gasteiger partial charge in [-0.2, -0.15) is 5.26 Å². The topological polar surface area (TPSA) is 130 Å². The van der Waals surface area contributed by atoms with E-state index in [1.807, 2.05) is 0 Å². The van der Waals surface area contributed by atoms with Gasteiger partial charge in [-0.25, -0.2) is 0 Å². The molecule has 0 saturated carbocycles. The molecule has 9 heteroatoms. The number of carbonyl (C=O) groups is 2. The van der Waals surface area contributed by atoms with Crippen molar-refractivity contribution in [3.63, 3.8) is 0 Å². The summed E-state index contributed by atoms with van der Waals surface area (Å²) in [6, 6.07) is 16.4. The maximum absolute atomic E-state index is 13.1. The zero-order chi connectivity index (χ0) is 20.3. The van der Waals surface area contributed by atoms with Crippen LogP contribution in [0, 0.1) is 21.4 Å². The molecule has 2 N–H and O–H groups in total. The van der Waals surface area contributed by atoms with Gasteiger partial charge < -0.3 is 5.73 Å². The smallest absolute Gasteiger partial charge is 0.269 e. The molecule has 1 aliphatic heterocycles. The van der Waals surface area contributed by atoms with Gasteiger partial charge >= 0.3 is 0 Å². The number of nitro benzene ring substituents is 1. The molecule has 2 aromatic rings. The minimum absolute atomic E-state index is 0.0709. The number of carbonyl (C=O) groups excluding carboxylic acids is 2. The molecule has 0 aromatic heterocycles. The predicted octanol–water partition coefficient (Wildman–Crippen LogP) is 2.51. The number of thioether (sulfide) groups is 1. The highest BCUT2D eigenvalue weighted by molar-refractivity contribution is 8.05. The third kappa shape index (κ3) is 3.72. The fraction of sp³-hybridized carbons (Fsp3) is 0.105. The summed E-state index contributed by atoms with van der Waals surface area (Å²) in [4.78, 5) is 36.5. The summed E-state index contributed by atoms with van der Waals surface area (Å²) in [5.74, 6) is -1.25. The zero-order valence-corrected chi connectivity index (χ0v) is 15.3. The molecule has 1 fully saturated rings. The van der Waals surface area contributed by atoms with E-state index in [1.165, 1.54) is 17.0 Å². The molecule has 3 rings (SSSR count). The van der Waals surface area contributed by atoms with Crippen LogP contribution in [0.1, 0.15) is 5.56 Å². The summed E-state index contributed by atoms with van der Waals surface area (Å²) in [6.45, 7) is 0. The molecule has 0 aliphatic carbocycles. The fourth-order valence-electron chi connectivity index (χ4n) is 2.82. The maximum Gasteiger partial charge on any atom is 0.269 e. The van der Waals surface area contributed by atoms with Gasteiger partial charge in [0.05, 0.1) is 10.2 Å². The van der Waals surface area contributed by atoms with Crippen LogP contribution in [0.15, 0.2) is 65.2 Å². The zero-order valence-electron chi connectivity index (χ0n) is 14.4. The monoisotopic (exact) mass is 394 g/mol. The Kier molecular flexibility index (Phi) is 5.42. The number of rotatable bonds is 5. The first kappa shape index (κ1) is 19.1. The van der Waals surface area contributed by atoms with E-state index in [1.54, 1.807) is 48.5 Å². The van der Waals surface area contributed by atoms with Gasteiger partial charge in [-0.3, -0.25) is 24.6 Å². The third-order valence-electron chi connectivity index (χ3n) is 4.08. The highest BCUT2D eigenvalue weighted by atomic mass is 32.2. The van der Waals surface area contributed by atoms with Crippen LogP contribution in [-0.4, -0.2) is 22.0 Å². The second-order valence-corrected chi connectivity index (χ2v) is 7.09. The molecular formula is C19H14N4O4S. The SMILES string of the molecule is N#C/C(C(N)=O)=C1\S[C@H](Cc2cccc([N+](=O)[O-])c2)C(=O)N1c1ccccc1. The normalized spacial score (nSPS) is 17.9. The summed E-state index contributed by atoms with van der Waals surface area (Å²) in [5, 5.41) is 19.8. The number of para-hydroxylation sites is 1. The molecule has 0 radical (unpaired) electrons. The minimum Gasteiger partial charge on any atom is -0.365 e. The first-order valence-electron chi connectivity index (χ1n) is 8.15. The van der Waals surface area contributed by atoms with Gasteiger partial charge in [-0.15, -0.1) is 0 Å². The molecule has 1 saturated heterocycles. The number of primary amides is 1. The van der Waals surface area contributed by atoms with Crippen molar-refractivity contribution in [2.75, 3.05) is 4.90 Å². The van der Waals surface area contributed by atoms with Gasteiger partial charge in [0.25, 0.3) is 11.6 Å². The van der Waals surface area contributed by atoms with E-state index in [0.717, 1.165) is 11.8 Å². The standard InChI is InChI=1S/C19H14N4O4S/c20-11-15(17(21)24)19-22(13-6-2-1-3-7-13)18(25)16(28-19)10-12-5-4-8-14(9-12)23(26)27/h1-9,16H,10H2,(H2,21,24)/b19-15+/t16-/m1/s1. The lowest BCUT2D eigenvalue weighted by molar-refractivity contribution is -0.384.